The van der Waals surface area contributed by atoms with Gasteiger partial charge in [0.25, 0.3) is 0 Å². The second-order valence-corrected chi connectivity index (χ2v) is 2.85. The molecule has 0 aromatic carbocycles. The lowest BCUT2D eigenvalue weighted by atomic mass is 9.92. The highest BCUT2D eigenvalue weighted by Gasteiger charge is 2.30. The van der Waals surface area contributed by atoms with Crippen LogP contribution >= 0.6 is 0 Å². The lowest BCUT2D eigenvalue weighted by Crippen LogP contribution is -2.47. The molecule has 1 aliphatic carbocycles. The van der Waals surface area contributed by atoms with E-state index in [4.69, 9.17) is 10.2 Å². The third-order valence-corrected chi connectivity index (χ3v) is 1.94. The normalized spacial score (nSPS) is 29.9. The van der Waals surface area contributed by atoms with Crippen molar-refractivity contribution in [2.24, 2.45) is 0 Å². The molecule has 5 nitrogen and oxygen atoms in total. The first-order chi connectivity index (χ1) is 5.61. The predicted octanol–water partition coefficient (Wildman–Crippen LogP) is -0.264. The van der Waals surface area contributed by atoms with Crippen LogP contribution in [-0.4, -0.2) is 34.2 Å². The molecule has 1 fully saturated rings. The largest absolute Gasteiger partial charge is 0.465 e. The molecule has 68 valence electrons. The van der Waals surface area contributed by atoms with Gasteiger partial charge >= 0.3 is 6.09 Å². The maximum atomic E-state index is 11.1. The highest BCUT2D eigenvalue weighted by atomic mass is 16.4. The van der Waals surface area contributed by atoms with E-state index in [0.717, 1.165) is 0 Å². The maximum absolute atomic E-state index is 11.1. The Bertz CT molecular complexity index is 204. The number of carboxylic acid groups (broad SMARTS) is 1. The predicted molar refractivity (Wildman–Crippen MR) is 39.8 cm³/mol. The van der Waals surface area contributed by atoms with Crippen LogP contribution in [0.2, 0.25) is 0 Å². The molecule has 12 heavy (non-hydrogen) atoms. The molecule has 0 spiro atoms. The molecule has 3 N–H and O–H groups in total. The molecule has 1 rings (SSSR count). The minimum Gasteiger partial charge on any atom is -0.465 e. The fourth-order valence-corrected chi connectivity index (χ4v) is 1.32. The summed E-state index contributed by atoms with van der Waals surface area (Å²) in [5.41, 5.74) is 0. The van der Waals surface area contributed by atoms with Gasteiger partial charge in [-0.2, -0.15) is 0 Å². The first-order valence-electron chi connectivity index (χ1n) is 3.82. The van der Waals surface area contributed by atoms with E-state index in [1.807, 2.05) is 0 Å². The highest BCUT2D eigenvalue weighted by Crippen LogP contribution is 2.14. The number of aliphatic hydroxyl groups excluding tert-OH is 1. The summed E-state index contributed by atoms with van der Waals surface area (Å²) >= 11 is 0. The van der Waals surface area contributed by atoms with Gasteiger partial charge in [0.05, 0.1) is 6.04 Å². The van der Waals surface area contributed by atoms with Crippen LogP contribution in [0.4, 0.5) is 4.79 Å². The average molecular weight is 173 g/mol. The number of rotatable bonds is 1. The Labute approximate surface area is 69.4 Å². The Morgan fingerprint density at radius 1 is 1.50 bits per heavy atom. The molecule has 0 aliphatic heterocycles. The number of carbonyl (C=O) groups is 2. The number of carbonyl (C=O) groups excluding carboxylic acids is 1. The van der Waals surface area contributed by atoms with Gasteiger partial charge in [-0.05, 0) is 19.3 Å². The second-order valence-electron chi connectivity index (χ2n) is 2.85. The fraction of sp³-hybridized carbons (Fsp3) is 0.714. The van der Waals surface area contributed by atoms with Gasteiger partial charge < -0.3 is 15.5 Å². The molecule has 0 bridgehead atoms. The summed E-state index contributed by atoms with van der Waals surface area (Å²) in [7, 11) is 0. The monoisotopic (exact) mass is 173 g/mol. The van der Waals surface area contributed by atoms with Crippen molar-refractivity contribution in [3.63, 3.8) is 0 Å². The van der Waals surface area contributed by atoms with E-state index >= 15 is 0 Å². The smallest absolute Gasteiger partial charge is 0.405 e. The molecule has 1 amide bonds. The van der Waals surface area contributed by atoms with E-state index in [1.54, 1.807) is 0 Å². The highest BCUT2D eigenvalue weighted by molar-refractivity contribution is 5.91. The van der Waals surface area contributed by atoms with E-state index in [-0.39, 0.29) is 0 Å². The number of hydrogen-bond acceptors (Lipinski definition) is 3. The number of hydrogen-bond donors (Lipinski definition) is 3. The molecule has 0 heterocycles. The molecule has 1 unspecified atom stereocenters. The van der Waals surface area contributed by atoms with Crippen LogP contribution < -0.4 is 5.32 Å². The number of amides is 1. The quantitative estimate of drug-likeness (QED) is 0.509. The Kier molecular flexibility index (Phi) is 2.65. The number of Topliss-reactive ketones (excluding diaryl/α,β-unsaturated/α-hetero) is 1. The Balaban J connectivity index is 2.52. The standard InChI is InChI=1S/C7H11NO4/c9-5-3-1-2-4(6(5)10)8-7(11)12/h4-5,8-9H,1-3H2,(H,11,12)/t4-,5?/m0/s1. The van der Waals surface area contributed by atoms with E-state index in [1.165, 1.54) is 0 Å². The van der Waals surface area contributed by atoms with Gasteiger partial charge in [-0.3, -0.25) is 4.79 Å². The molecular weight excluding hydrogens is 162 g/mol. The Morgan fingerprint density at radius 2 is 2.17 bits per heavy atom. The van der Waals surface area contributed by atoms with E-state index in [0.29, 0.717) is 19.3 Å². The maximum Gasteiger partial charge on any atom is 0.405 e. The molecule has 0 radical (unpaired) electrons. The zero-order valence-electron chi connectivity index (χ0n) is 6.49. The van der Waals surface area contributed by atoms with E-state index in [9.17, 15) is 9.59 Å². The van der Waals surface area contributed by atoms with Gasteiger partial charge in [0.1, 0.15) is 6.10 Å². The Morgan fingerprint density at radius 3 is 2.75 bits per heavy atom. The van der Waals surface area contributed by atoms with Crippen LogP contribution in [-0.2, 0) is 4.79 Å². The van der Waals surface area contributed by atoms with Crippen LogP contribution in [0.3, 0.4) is 0 Å². The molecule has 2 atom stereocenters. The van der Waals surface area contributed by atoms with Crippen LogP contribution in [0.5, 0.6) is 0 Å². The lowest BCUT2D eigenvalue weighted by molar-refractivity contribution is -0.131. The van der Waals surface area contributed by atoms with Gasteiger partial charge in [-0.15, -0.1) is 0 Å². The lowest BCUT2D eigenvalue weighted by Gasteiger charge is -2.23. The summed E-state index contributed by atoms with van der Waals surface area (Å²) in [4.78, 5) is 21.3. The summed E-state index contributed by atoms with van der Waals surface area (Å²) in [6, 6.07) is -0.716. The van der Waals surface area contributed by atoms with Gasteiger partial charge in [-0.25, -0.2) is 4.79 Å². The van der Waals surface area contributed by atoms with Crippen LogP contribution in [0.15, 0.2) is 0 Å². The van der Waals surface area contributed by atoms with Crippen LogP contribution in [0.25, 0.3) is 0 Å². The van der Waals surface area contributed by atoms with Crippen molar-refractivity contribution in [3.8, 4) is 0 Å². The van der Waals surface area contributed by atoms with Crippen molar-refractivity contribution in [1.82, 2.24) is 5.32 Å². The van der Waals surface area contributed by atoms with Crippen LogP contribution in [0, 0.1) is 0 Å². The number of aliphatic hydroxyl groups is 1. The first kappa shape index (κ1) is 8.99. The summed E-state index contributed by atoms with van der Waals surface area (Å²) in [6.07, 6.45) is -0.602. The third-order valence-electron chi connectivity index (χ3n) is 1.94. The van der Waals surface area contributed by atoms with Gasteiger partial charge in [-0.1, -0.05) is 0 Å². The zero-order chi connectivity index (χ0) is 9.14. The van der Waals surface area contributed by atoms with E-state index in [2.05, 4.69) is 5.32 Å². The van der Waals surface area contributed by atoms with Crippen molar-refractivity contribution in [1.29, 1.82) is 0 Å². The molecular formula is C7H11NO4. The number of ketones is 1. The first-order valence-corrected chi connectivity index (χ1v) is 3.82. The van der Waals surface area contributed by atoms with Crippen LogP contribution in [0.1, 0.15) is 19.3 Å². The number of nitrogens with one attached hydrogen (secondary N) is 1. The second kappa shape index (κ2) is 3.53. The van der Waals surface area contributed by atoms with Gasteiger partial charge in [0.2, 0.25) is 0 Å². The molecule has 0 saturated heterocycles. The summed E-state index contributed by atoms with van der Waals surface area (Å²) in [6.45, 7) is 0. The molecule has 1 aliphatic rings. The fourth-order valence-electron chi connectivity index (χ4n) is 1.32. The minimum absolute atomic E-state index is 0.413. The summed E-state index contributed by atoms with van der Waals surface area (Å²) in [5, 5.41) is 19.5. The van der Waals surface area contributed by atoms with Gasteiger partial charge in [0, 0.05) is 0 Å². The van der Waals surface area contributed by atoms with Crippen molar-refractivity contribution in [2.45, 2.75) is 31.4 Å². The molecule has 0 aromatic rings. The topological polar surface area (TPSA) is 86.6 Å². The SMILES string of the molecule is O=C(O)N[C@H]1CCCC(O)C1=O. The minimum atomic E-state index is -1.22. The van der Waals surface area contributed by atoms with E-state index < -0.39 is 24.0 Å². The van der Waals surface area contributed by atoms with Crippen molar-refractivity contribution in [2.75, 3.05) is 0 Å². The Hall–Kier alpha value is -1.10. The summed E-state index contributed by atoms with van der Waals surface area (Å²) < 4.78 is 0. The molecule has 5 heteroatoms. The van der Waals surface area contributed by atoms with Gasteiger partial charge in [0.15, 0.2) is 5.78 Å². The third kappa shape index (κ3) is 1.94. The van der Waals surface area contributed by atoms with Crippen molar-refractivity contribution >= 4 is 11.9 Å². The van der Waals surface area contributed by atoms with Crippen molar-refractivity contribution < 1.29 is 19.8 Å². The average Bonchev–Trinajstić information content (AvgIpc) is 1.98. The summed E-state index contributed by atoms with van der Waals surface area (Å²) in [5.74, 6) is -0.413. The zero-order valence-corrected chi connectivity index (χ0v) is 6.49. The molecule has 1 saturated carbocycles. The van der Waals surface area contributed by atoms with Crippen molar-refractivity contribution in [3.05, 3.63) is 0 Å². The molecule has 0 aromatic heterocycles.